The highest BCUT2D eigenvalue weighted by molar-refractivity contribution is 4.85. The van der Waals surface area contributed by atoms with Crippen LogP contribution in [0.5, 0.6) is 0 Å². The lowest BCUT2D eigenvalue weighted by Crippen LogP contribution is -2.44. The second-order valence-corrected chi connectivity index (χ2v) is 5.58. The van der Waals surface area contributed by atoms with Crippen molar-refractivity contribution in [3.8, 4) is 0 Å². The third kappa shape index (κ3) is 3.67. The van der Waals surface area contributed by atoms with E-state index in [9.17, 15) is 0 Å². The quantitative estimate of drug-likeness (QED) is 0.800. The van der Waals surface area contributed by atoms with Gasteiger partial charge in [-0.05, 0) is 38.6 Å². The molecule has 1 N–H and O–H groups in total. The van der Waals surface area contributed by atoms with Crippen LogP contribution in [0.3, 0.4) is 0 Å². The van der Waals surface area contributed by atoms with Crippen LogP contribution in [0.15, 0.2) is 0 Å². The molecule has 1 aliphatic carbocycles. The SMILES string of the molecule is CCC1CCC(NC)C(OCC2CCOC2)C1. The van der Waals surface area contributed by atoms with Crippen molar-refractivity contribution >= 4 is 0 Å². The maximum Gasteiger partial charge on any atom is 0.0730 e. The first-order chi connectivity index (χ1) is 8.33. The Morgan fingerprint density at radius 1 is 1.24 bits per heavy atom. The van der Waals surface area contributed by atoms with Crippen LogP contribution >= 0.6 is 0 Å². The molecule has 0 aromatic carbocycles. The first-order valence-corrected chi connectivity index (χ1v) is 7.20. The molecule has 4 unspecified atom stereocenters. The summed E-state index contributed by atoms with van der Waals surface area (Å²) >= 11 is 0. The van der Waals surface area contributed by atoms with Crippen LogP contribution in [0.4, 0.5) is 0 Å². The lowest BCUT2D eigenvalue weighted by atomic mass is 9.82. The van der Waals surface area contributed by atoms with Crippen LogP contribution in [0, 0.1) is 11.8 Å². The first kappa shape index (κ1) is 13.3. The summed E-state index contributed by atoms with van der Waals surface area (Å²) in [6.07, 6.45) is 6.74. The molecule has 0 aromatic heterocycles. The summed E-state index contributed by atoms with van der Waals surface area (Å²) in [6, 6.07) is 0.556. The Balaban J connectivity index is 1.77. The van der Waals surface area contributed by atoms with Crippen molar-refractivity contribution in [3.05, 3.63) is 0 Å². The van der Waals surface area contributed by atoms with Crippen molar-refractivity contribution in [2.45, 2.75) is 51.2 Å². The third-order valence-corrected chi connectivity index (χ3v) is 4.42. The van der Waals surface area contributed by atoms with Crippen molar-refractivity contribution in [2.75, 3.05) is 26.9 Å². The Hall–Kier alpha value is -0.120. The summed E-state index contributed by atoms with van der Waals surface area (Å²) in [5.41, 5.74) is 0. The molecule has 100 valence electrons. The second kappa shape index (κ2) is 6.72. The van der Waals surface area contributed by atoms with Crippen molar-refractivity contribution in [1.82, 2.24) is 5.32 Å². The summed E-state index contributed by atoms with van der Waals surface area (Å²) in [5.74, 6) is 1.50. The average molecular weight is 241 g/mol. The number of nitrogens with one attached hydrogen (secondary N) is 1. The topological polar surface area (TPSA) is 30.5 Å². The fraction of sp³-hybridized carbons (Fsp3) is 1.00. The van der Waals surface area contributed by atoms with Gasteiger partial charge in [0.1, 0.15) is 0 Å². The largest absolute Gasteiger partial charge is 0.381 e. The standard InChI is InChI=1S/C14H27NO2/c1-3-11-4-5-13(15-2)14(8-11)17-10-12-6-7-16-9-12/h11-15H,3-10H2,1-2H3. The Kier molecular flexibility index (Phi) is 5.26. The predicted molar refractivity (Wildman–Crippen MR) is 69.1 cm³/mol. The molecule has 1 heterocycles. The summed E-state index contributed by atoms with van der Waals surface area (Å²) in [7, 11) is 2.06. The summed E-state index contributed by atoms with van der Waals surface area (Å²) in [4.78, 5) is 0. The van der Waals surface area contributed by atoms with Crippen LogP contribution in [0.1, 0.15) is 39.0 Å². The van der Waals surface area contributed by atoms with Crippen LogP contribution in [-0.4, -0.2) is 39.0 Å². The Morgan fingerprint density at radius 3 is 2.76 bits per heavy atom. The molecule has 3 heteroatoms. The Bertz CT molecular complexity index is 216. The minimum atomic E-state index is 0.416. The van der Waals surface area contributed by atoms with E-state index in [2.05, 4.69) is 19.3 Å². The van der Waals surface area contributed by atoms with Gasteiger partial charge in [-0.2, -0.15) is 0 Å². The van der Waals surface area contributed by atoms with Gasteiger partial charge in [-0.3, -0.25) is 0 Å². The lowest BCUT2D eigenvalue weighted by Gasteiger charge is -2.36. The van der Waals surface area contributed by atoms with Gasteiger partial charge in [-0.1, -0.05) is 13.3 Å². The number of likely N-dealkylation sites (N-methyl/N-ethyl adjacent to an activating group) is 1. The van der Waals surface area contributed by atoms with Crippen molar-refractivity contribution in [1.29, 1.82) is 0 Å². The molecule has 4 atom stereocenters. The van der Waals surface area contributed by atoms with E-state index in [-0.39, 0.29) is 0 Å². The van der Waals surface area contributed by atoms with Crippen LogP contribution in [-0.2, 0) is 9.47 Å². The zero-order valence-electron chi connectivity index (χ0n) is 11.3. The third-order valence-electron chi connectivity index (χ3n) is 4.42. The molecule has 3 nitrogen and oxygen atoms in total. The minimum absolute atomic E-state index is 0.416. The number of hydrogen-bond acceptors (Lipinski definition) is 3. The van der Waals surface area contributed by atoms with Crippen molar-refractivity contribution in [3.63, 3.8) is 0 Å². The first-order valence-electron chi connectivity index (χ1n) is 7.20. The molecular weight excluding hydrogens is 214 g/mol. The van der Waals surface area contributed by atoms with Gasteiger partial charge in [-0.25, -0.2) is 0 Å². The second-order valence-electron chi connectivity index (χ2n) is 5.58. The molecule has 1 saturated carbocycles. The summed E-state index contributed by atoms with van der Waals surface area (Å²) < 4.78 is 11.6. The van der Waals surface area contributed by atoms with Crippen molar-refractivity contribution in [2.24, 2.45) is 11.8 Å². The molecule has 1 aliphatic heterocycles. The van der Waals surface area contributed by atoms with Crippen molar-refractivity contribution < 1.29 is 9.47 Å². The number of ether oxygens (including phenoxy) is 2. The van der Waals surface area contributed by atoms with E-state index in [1.807, 2.05) is 0 Å². The Labute approximate surface area is 105 Å². The fourth-order valence-corrected chi connectivity index (χ4v) is 3.07. The lowest BCUT2D eigenvalue weighted by molar-refractivity contribution is -0.0252. The highest BCUT2D eigenvalue weighted by Gasteiger charge is 2.30. The maximum absolute atomic E-state index is 6.16. The van der Waals surface area contributed by atoms with E-state index in [4.69, 9.17) is 9.47 Å². The molecule has 0 bridgehead atoms. The molecule has 1 saturated heterocycles. The molecular formula is C14H27NO2. The fourth-order valence-electron chi connectivity index (χ4n) is 3.07. The zero-order chi connectivity index (χ0) is 12.1. The van der Waals surface area contributed by atoms with Gasteiger partial charge in [0.15, 0.2) is 0 Å². The van der Waals surface area contributed by atoms with E-state index in [1.54, 1.807) is 0 Å². The Morgan fingerprint density at radius 2 is 2.12 bits per heavy atom. The minimum Gasteiger partial charge on any atom is -0.381 e. The molecule has 17 heavy (non-hydrogen) atoms. The van der Waals surface area contributed by atoms with Gasteiger partial charge in [0, 0.05) is 18.6 Å². The van der Waals surface area contributed by atoms with Gasteiger partial charge in [0.2, 0.25) is 0 Å². The molecule has 0 spiro atoms. The molecule has 0 radical (unpaired) electrons. The number of rotatable bonds is 5. The predicted octanol–water partition coefficient (Wildman–Crippen LogP) is 2.21. The maximum atomic E-state index is 6.16. The highest BCUT2D eigenvalue weighted by atomic mass is 16.5. The summed E-state index contributed by atoms with van der Waals surface area (Å²) in [6.45, 7) is 5.01. The number of hydrogen-bond donors (Lipinski definition) is 1. The van der Waals surface area contributed by atoms with Gasteiger partial charge in [0.25, 0.3) is 0 Å². The van der Waals surface area contributed by atoms with E-state index < -0.39 is 0 Å². The molecule has 0 amide bonds. The van der Waals surface area contributed by atoms with Gasteiger partial charge < -0.3 is 14.8 Å². The van der Waals surface area contributed by atoms with Gasteiger partial charge >= 0.3 is 0 Å². The van der Waals surface area contributed by atoms with E-state index in [0.29, 0.717) is 18.1 Å². The van der Waals surface area contributed by atoms with E-state index in [0.717, 1.165) is 25.7 Å². The molecule has 2 aliphatic rings. The normalized spacial score (nSPS) is 38.5. The summed E-state index contributed by atoms with van der Waals surface area (Å²) in [5, 5.41) is 3.42. The van der Waals surface area contributed by atoms with Crippen LogP contribution in [0.2, 0.25) is 0 Å². The van der Waals surface area contributed by atoms with Crippen LogP contribution in [0.25, 0.3) is 0 Å². The zero-order valence-corrected chi connectivity index (χ0v) is 11.3. The highest BCUT2D eigenvalue weighted by Crippen LogP contribution is 2.29. The molecule has 2 fully saturated rings. The molecule has 2 rings (SSSR count). The average Bonchev–Trinajstić information content (AvgIpc) is 2.89. The smallest absolute Gasteiger partial charge is 0.0730 e. The van der Waals surface area contributed by atoms with E-state index >= 15 is 0 Å². The monoisotopic (exact) mass is 241 g/mol. The van der Waals surface area contributed by atoms with Gasteiger partial charge in [0.05, 0.1) is 19.3 Å². The van der Waals surface area contributed by atoms with Gasteiger partial charge in [-0.15, -0.1) is 0 Å². The van der Waals surface area contributed by atoms with E-state index in [1.165, 1.54) is 32.1 Å². The molecule has 0 aromatic rings. The van der Waals surface area contributed by atoms with Crippen LogP contribution < -0.4 is 5.32 Å².